The molecule has 1 rings (SSSR count). The first kappa shape index (κ1) is 13.3. The maximum Gasteiger partial charge on any atom is -0.0188 e. The molecular formula is C16H26. The van der Waals surface area contributed by atoms with Crippen molar-refractivity contribution in [2.75, 3.05) is 0 Å². The van der Waals surface area contributed by atoms with Gasteiger partial charge in [-0.25, -0.2) is 0 Å². The fourth-order valence-corrected chi connectivity index (χ4v) is 2.35. The van der Waals surface area contributed by atoms with Crippen molar-refractivity contribution in [3.05, 3.63) is 35.4 Å². The highest BCUT2D eigenvalue weighted by atomic mass is 14.1. The van der Waals surface area contributed by atoms with Crippen molar-refractivity contribution >= 4 is 0 Å². The second kappa shape index (κ2) is 7.49. The van der Waals surface area contributed by atoms with Gasteiger partial charge in [0.05, 0.1) is 0 Å². The molecule has 0 fully saturated rings. The first-order valence-corrected chi connectivity index (χ1v) is 6.81. The summed E-state index contributed by atoms with van der Waals surface area (Å²) < 4.78 is 0. The summed E-state index contributed by atoms with van der Waals surface area (Å²) in [6, 6.07) is 8.80. The Bertz CT molecular complexity index is 288. The molecule has 1 atom stereocenters. The van der Waals surface area contributed by atoms with E-state index in [-0.39, 0.29) is 0 Å². The van der Waals surface area contributed by atoms with E-state index in [1.807, 2.05) is 0 Å². The molecule has 0 heterocycles. The summed E-state index contributed by atoms with van der Waals surface area (Å²) in [4.78, 5) is 0. The minimum Gasteiger partial charge on any atom is -0.0654 e. The van der Waals surface area contributed by atoms with Gasteiger partial charge in [-0.3, -0.25) is 0 Å². The van der Waals surface area contributed by atoms with E-state index in [0.29, 0.717) is 0 Å². The maximum atomic E-state index is 2.36. The van der Waals surface area contributed by atoms with Crippen molar-refractivity contribution in [3.8, 4) is 0 Å². The van der Waals surface area contributed by atoms with Crippen LogP contribution in [0.4, 0.5) is 0 Å². The lowest BCUT2D eigenvalue weighted by Gasteiger charge is -2.14. The number of hydrogen-bond donors (Lipinski definition) is 0. The van der Waals surface area contributed by atoms with Crippen LogP contribution < -0.4 is 0 Å². The third-order valence-corrected chi connectivity index (χ3v) is 3.46. The van der Waals surface area contributed by atoms with Crippen LogP contribution in [0.25, 0.3) is 0 Å². The van der Waals surface area contributed by atoms with Crippen molar-refractivity contribution in [1.29, 1.82) is 0 Å². The summed E-state index contributed by atoms with van der Waals surface area (Å²) in [5, 5.41) is 0. The molecule has 0 nitrogen and oxygen atoms in total. The Hall–Kier alpha value is -0.780. The summed E-state index contributed by atoms with van der Waals surface area (Å²) in [5.41, 5.74) is 2.99. The van der Waals surface area contributed by atoms with Gasteiger partial charge in [-0.1, -0.05) is 70.2 Å². The lowest BCUT2D eigenvalue weighted by molar-refractivity contribution is 0.566. The van der Waals surface area contributed by atoms with Gasteiger partial charge in [-0.2, -0.15) is 0 Å². The predicted molar refractivity (Wildman–Crippen MR) is 73.0 cm³/mol. The normalized spacial score (nSPS) is 12.7. The fourth-order valence-electron chi connectivity index (χ4n) is 2.35. The van der Waals surface area contributed by atoms with Crippen LogP contribution in [0, 0.1) is 6.92 Å². The van der Waals surface area contributed by atoms with Crippen molar-refractivity contribution < 1.29 is 0 Å². The molecule has 16 heavy (non-hydrogen) atoms. The number of hydrogen-bond acceptors (Lipinski definition) is 0. The van der Waals surface area contributed by atoms with Gasteiger partial charge in [0.15, 0.2) is 0 Å². The first-order chi connectivity index (χ1) is 7.75. The van der Waals surface area contributed by atoms with E-state index in [9.17, 15) is 0 Å². The summed E-state index contributed by atoms with van der Waals surface area (Å²) >= 11 is 0. The molecule has 0 aromatic heterocycles. The molecule has 0 heteroatoms. The van der Waals surface area contributed by atoms with Gasteiger partial charge in [-0.05, 0) is 30.4 Å². The number of aryl methyl sites for hydroxylation is 1. The molecule has 0 aliphatic carbocycles. The number of unbranched alkanes of at least 4 members (excludes halogenated alkanes) is 4. The van der Waals surface area contributed by atoms with Crippen molar-refractivity contribution in [2.24, 2.45) is 0 Å². The van der Waals surface area contributed by atoms with Gasteiger partial charge in [0.25, 0.3) is 0 Å². The van der Waals surface area contributed by atoms with Crippen molar-refractivity contribution in [2.45, 2.75) is 65.2 Å². The van der Waals surface area contributed by atoms with Crippen LogP contribution in [0.15, 0.2) is 24.3 Å². The molecular weight excluding hydrogens is 192 g/mol. The quantitative estimate of drug-likeness (QED) is 0.533. The van der Waals surface area contributed by atoms with Crippen LogP contribution in [0.5, 0.6) is 0 Å². The zero-order valence-corrected chi connectivity index (χ0v) is 11.1. The highest BCUT2D eigenvalue weighted by Gasteiger charge is 2.06. The van der Waals surface area contributed by atoms with E-state index >= 15 is 0 Å². The zero-order valence-electron chi connectivity index (χ0n) is 11.1. The van der Waals surface area contributed by atoms with E-state index in [4.69, 9.17) is 0 Å². The Balaban J connectivity index is 2.30. The average molecular weight is 218 g/mol. The van der Waals surface area contributed by atoms with Crippen LogP contribution in [0.1, 0.15) is 69.4 Å². The second-order valence-electron chi connectivity index (χ2n) is 4.96. The van der Waals surface area contributed by atoms with Gasteiger partial charge in [0.2, 0.25) is 0 Å². The summed E-state index contributed by atoms with van der Waals surface area (Å²) in [6.45, 7) is 6.86. The molecule has 0 amide bonds. The van der Waals surface area contributed by atoms with Gasteiger partial charge in [-0.15, -0.1) is 0 Å². The molecule has 0 aliphatic rings. The number of rotatable bonds is 7. The first-order valence-electron chi connectivity index (χ1n) is 6.81. The largest absolute Gasteiger partial charge is 0.0654 e. The smallest absolute Gasteiger partial charge is 0.0188 e. The molecule has 0 saturated carbocycles. The monoisotopic (exact) mass is 218 g/mol. The van der Waals surface area contributed by atoms with E-state index in [1.54, 1.807) is 0 Å². The van der Waals surface area contributed by atoms with Gasteiger partial charge < -0.3 is 0 Å². The van der Waals surface area contributed by atoms with Crippen LogP contribution in [0.3, 0.4) is 0 Å². The van der Waals surface area contributed by atoms with Crippen molar-refractivity contribution in [3.63, 3.8) is 0 Å². The summed E-state index contributed by atoms with van der Waals surface area (Å²) in [6.07, 6.45) is 8.29. The standard InChI is InChI=1S/C16H26/c1-4-5-6-7-8-11-14(2)16-13-10-9-12-15(16)3/h9-10,12-14H,4-8,11H2,1-3H3. The minimum absolute atomic E-state index is 0.725. The highest BCUT2D eigenvalue weighted by molar-refractivity contribution is 5.28. The summed E-state index contributed by atoms with van der Waals surface area (Å²) in [5.74, 6) is 0.725. The number of benzene rings is 1. The highest BCUT2D eigenvalue weighted by Crippen LogP contribution is 2.24. The minimum atomic E-state index is 0.725. The Morgan fingerprint density at radius 2 is 1.69 bits per heavy atom. The molecule has 0 N–H and O–H groups in total. The molecule has 1 unspecified atom stereocenters. The predicted octanol–water partition coefficient (Wildman–Crippen LogP) is 5.46. The van der Waals surface area contributed by atoms with Crippen LogP contribution in [-0.2, 0) is 0 Å². The van der Waals surface area contributed by atoms with E-state index in [1.165, 1.54) is 49.7 Å². The van der Waals surface area contributed by atoms with E-state index in [2.05, 4.69) is 45.0 Å². The third-order valence-electron chi connectivity index (χ3n) is 3.46. The van der Waals surface area contributed by atoms with Gasteiger partial charge >= 0.3 is 0 Å². The lowest BCUT2D eigenvalue weighted by Crippen LogP contribution is -1.96. The van der Waals surface area contributed by atoms with Gasteiger partial charge in [0.1, 0.15) is 0 Å². The zero-order chi connectivity index (χ0) is 11.8. The molecule has 0 bridgehead atoms. The Morgan fingerprint density at radius 1 is 1.00 bits per heavy atom. The molecule has 1 aromatic rings. The molecule has 0 aliphatic heterocycles. The van der Waals surface area contributed by atoms with Crippen LogP contribution >= 0.6 is 0 Å². The molecule has 0 saturated heterocycles. The molecule has 1 aromatic carbocycles. The summed E-state index contributed by atoms with van der Waals surface area (Å²) in [7, 11) is 0. The molecule has 0 spiro atoms. The third kappa shape index (κ3) is 4.38. The Morgan fingerprint density at radius 3 is 2.38 bits per heavy atom. The van der Waals surface area contributed by atoms with E-state index < -0.39 is 0 Å². The topological polar surface area (TPSA) is 0 Å². The van der Waals surface area contributed by atoms with Crippen LogP contribution in [-0.4, -0.2) is 0 Å². The van der Waals surface area contributed by atoms with Crippen molar-refractivity contribution in [1.82, 2.24) is 0 Å². The Labute approximate surface area is 101 Å². The van der Waals surface area contributed by atoms with Crippen LogP contribution in [0.2, 0.25) is 0 Å². The molecule has 0 radical (unpaired) electrons. The SMILES string of the molecule is CCCCCCCC(C)c1ccccc1C. The Kier molecular flexibility index (Phi) is 6.22. The average Bonchev–Trinajstić information content (AvgIpc) is 2.29. The lowest BCUT2D eigenvalue weighted by atomic mass is 9.91. The van der Waals surface area contributed by atoms with Gasteiger partial charge in [0, 0.05) is 0 Å². The maximum absolute atomic E-state index is 2.36. The van der Waals surface area contributed by atoms with E-state index in [0.717, 1.165) is 5.92 Å². The second-order valence-corrected chi connectivity index (χ2v) is 4.96. The molecule has 90 valence electrons. The fraction of sp³-hybridized carbons (Fsp3) is 0.625.